The summed E-state index contributed by atoms with van der Waals surface area (Å²) in [5.41, 5.74) is 2.20. The summed E-state index contributed by atoms with van der Waals surface area (Å²) in [6.07, 6.45) is -0.361. The molecule has 1 unspecified atom stereocenters. The van der Waals surface area contributed by atoms with Crippen molar-refractivity contribution in [3.63, 3.8) is 0 Å². The number of benzene rings is 2. The Kier molecular flexibility index (Phi) is 7.06. The van der Waals surface area contributed by atoms with Crippen LogP contribution in [0.15, 0.2) is 41.3 Å². The lowest BCUT2D eigenvalue weighted by Crippen LogP contribution is -2.49. The fraction of sp³-hybridized carbons (Fsp3) is 0.350. The van der Waals surface area contributed by atoms with Gasteiger partial charge in [-0.15, -0.1) is 0 Å². The molecule has 2 heterocycles. The minimum atomic E-state index is -1.12. The number of piperazine rings is 1. The fourth-order valence-corrected chi connectivity index (χ4v) is 5.07. The van der Waals surface area contributed by atoms with E-state index in [1.807, 2.05) is 12.1 Å². The molecule has 1 atom stereocenters. The molecule has 164 valence electrons. The van der Waals surface area contributed by atoms with Crippen LogP contribution in [0.3, 0.4) is 0 Å². The summed E-state index contributed by atoms with van der Waals surface area (Å²) in [5, 5.41) is 11.6. The molecule has 1 N–H and O–H groups in total. The first-order valence-electron chi connectivity index (χ1n) is 9.76. The Balaban J connectivity index is 1.21. The lowest BCUT2D eigenvalue weighted by Gasteiger charge is -2.33. The van der Waals surface area contributed by atoms with E-state index in [0.29, 0.717) is 54.0 Å². The number of nitrogens with one attached hydrogen (secondary N) is 1. The Bertz CT molecular complexity index is 1080. The molecule has 1 amide bonds. The average molecular weight is 482 g/mol. The Hall–Kier alpha value is -2.20. The molecule has 1 aromatic heterocycles. The van der Waals surface area contributed by atoms with Gasteiger partial charge in [-0.1, -0.05) is 23.2 Å². The van der Waals surface area contributed by atoms with Gasteiger partial charge in [0.15, 0.2) is 0 Å². The van der Waals surface area contributed by atoms with Gasteiger partial charge in [-0.25, -0.2) is 4.79 Å². The number of carbonyl (C=O) groups is 1. The number of nitrogens with zero attached hydrogens (tertiary/aromatic N) is 4. The number of rotatable bonds is 6. The summed E-state index contributed by atoms with van der Waals surface area (Å²) in [7, 11) is -1.12. The molecular weight excluding hydrogens is 461 g/mol. The molecule has 4 rings (SSSR count). The van der Waals surface area contributed by atoms with Crippen LogP contribution in [-0.4, -0.2) is 74.0 Å². The predicted molar refractivity (Wildman–Crippen MR) is 120 cm³/mol. The van der Waals surface area contributed by atoms with Crippen molar-refractivity contribution in [1.82, 2.24) is 25.2 Å². The standard InChI is InChI=1S/C20H21Cl2N5O3S/c21-15-9-14(10-16(22)11-15)13-30-20(28)27-5-3-26(4-6-27)7-8-31(29)17-1-2-18-19(12-17)24-25-23-18/h1-2,9-12H,3-8,13H2,(H,23,24,25). The summed E-state index contributed by atoms with van der Waals surface area (Å²) in [6.45, 7) is 3.34. The van der Waals surface area contributed by atoms with E-state index in [0.717, 1.165) is 16.0 Å². The predicted octanol–water partition coefficient (Wildman–Crippen LogP) is 3.33. The van der Waals surface area contributed by atoms with Crippen LogP contribution >= 0.6 is 23.2 Å². The number of fused-ring (bicyclic) bond motifs is 1. The van der Waals surface area contributed by atoms with E-state index < -0.39 is 10.8 Å². The largest absolute Gasteiger partial charge is 0.445 e. The first-order chi connectivity index (χ1) is 15.0. The highest BCUT2D eigenvalue weighted by atomic mass is 35.5. The third-order valence-corrected chi connectivity index (χ3v) is 6.83. The minimum Gasteiger partial charge on any atom is -0.445 e. The second-order valence-corrected chi connectivity index (χ2v) is 9.63. The van der Waals surface area contributed by atoms with Gasteiger partial charge < -0.3 is 9.64 Å². The van der Waals surface area contributed by atoms with Crippen molar-refractivity contribution in [3.05, 3.63) is 52.0 Å². The van der Waals surface area contributed by atoms with Gasteiger partial charge in [0.25, 0.3) is 0 Å². The molecule has 11 heteroatoms. The quantitative estimate of drug-likeness (QED) is 0.580. The van der Waals surface area contributed by atoms with Crippen LogP contribution in [0.25, 0.3) is 11.0 Å². The number of H-pyrrole nitrogens is 1. The topological polar surface area (TPSA) is 91.4 Å². The highest BCUT2D eigenvalue weighted by Gasteiger charge is 2.22. The zero-order valence-electron chi connectivity index (χ0n) is 16.6. The van der Waals surface area contributed by atoms with Crippen LogP contribution in [0.1, 0.15) is 5.56 Å². The van der Waals surface area contributed by atoms with Crippen molar-refractivity contribution in [2.75, 3.05) is 38.5 Å². The molecule has 0 bridgehead atoms. The molecule has 1 aliphatic rings. The second kappa shape index (κ2) is 9.95. The van der Waals surface area contributed by atoms with Crippen molar-refractivity contribution >= 4 is 51.1 Å². The number of carbonyl (C=O) groups excluding carboxylic acids is 1. The molecule has 0 radical (unpaired) electrons. The SMILES string of the molecule is O=C(OCc1cc(Cl)cc(Cl)c1)N1CCN(CCS(=O)c2ccc3n[nH]nc3c2)CC1. The number of aromatic amines is 1. The molecule has 0 saturated carbocycles. The Morgan fingerprint density at radius 2 is 1.74 bits per heavy atom. The van der Waals surface area contributed by atoms with E-state index in [1.54, 1.807) is 29.2 Å². The van der Waals surface area contributed by atoms with Gasteiger partial charge in [0, 0.05) is 53.4 Å². The summed E-state index contributed by atoms with van der Waals surface area (Å²) >= 11 is 11.9. The van der Waals surface area contributed by atoms with Gasteiger partial charge in [0.05, 0.1) is 10.8 Å². The van der Waals surface area contributed by atoms with Crippen molar-refractivity contribution in [3.8, 4) is 0 Å². The molecule has 31 heavy (non-hydrogen) atoms. The van der Waals surface area contributed by atoms with Gasteiger partial charge in [-0.05, 0) is 42.0 Å². The van der Waals surface area contributed by atoms with Crippen LogP contribution in [0.4, 0.5) is 4.79 Å². The molecule has 1 fully saturated rings. The lowest BCUT2D eigenvalue weighted by atomic mass is 10.2. The molecule has 2 aromatic carbocycles. The fourth-order valence-electron chi connectivity index (χ4n) is 3.38. The normalized spacial score (nSPS) is 15.9. The highest BCUT2D eigenvalue weighted by Crippen LogP contribution is 2.20. The third-order valence-electron chi connectivity index (χ3n) is 5.06. The van der Waals surface area contributed by atoms with Crippen LogP contribution in [0, 0.1) is 0 Å². The Morgan fingerprint density at radius 1 is 1.03 bits per heavy atom. The van der Waals surface area contributed by atoms with E-state index in [-0.39, 0.29) is 12.7 Å². The highest BCUT2D eigenvalue weighted by molar-refractivity contribution is 7.85. The third kappa shape index (κ3) is 5.74. The van der Waals surface area contributed by atoms with E-state index in [4.69, 9.17) is 27.9 Å². The molecule has 1 saturated heterocycles. The smallest absolute Gasteiger partial charge is 0.410 e. The summed E-state index contributed by atoms with van der Waals surface area (Å²) < 4.78 is 18.0. The average Bonchev–Trinajstić information content (AvgIpc) is 3.23. The maximum absolute atomic E-state index is 12.6. The maximum atomic E-state index is 12.6. The van der Waals surface area contributed by atoms with Crippen LogP contribution in [0.2, 0.25) is 10.0 Å². The Morgan fingerprint density at radius 3 is 2.48 bits per heavy atom. The molecule has 1 aliphatic heterocycles. The van der Waals surface area contributed by atoms with Crippen LogP contribution in [-0.2, 0) is 22.1 Å². The van der Waals surface area contributed by atoms with Crippen LogP contribution < -0.4 is 0 Å². The maximum Gasteiger partial charge on any atom is 0.410 e. The zero-order chi connectivity index (χ0) is 21.8. The molecule has 0 spiro atoms. The van der Waals surface area contributed by atoms with Gasteiger partial charge in [-0.3, -0.25) is 9.11 Å². The van der Waals surface area contributed by atoms with E-state index in [9.17, 15) is 9.00 Å². The molecular formula is C20H21Cl2N5O3S. The van der Waals surface area contributed by atoms with Crippen molar-refractivity contribution in [1.29, 1.82) is 0 Å². The van der Waals surface area contributed by atoms with E-state index in [2.05, 4.69) is 20.3 Å². The summed E-state index contributed by atoms with van der Waals surface area (Å²) in [6, 6.07) is 10.5. The van der Waals surface area contributed by atoms with Gasteiger partial charge >= 0.3 is 6.09 Å². The number of amides is 1. The molecule has 8 nitrogen and oxygen atoms in total. The van der Waals surface area contributed by atoms with Crippen molar-refractivity contribution in [2.45, 2.75) is 11.5 Å². The second-order valence-electron chi connectivity index (χ2n) is 7.18. The molecule has 0 aliphatic carbocycles. The first kappa shape index (κ1) is 22.0. The van der Waals surface area contributed by atoms with Crippen molar-refractivity contribution < 1.29 is 13.7 Å². The zero-order valence-corrected chi connectivity index (χ0v) is 18.9. The number of hydrogen-bond acceptors (Lipinski definition) is 6. The summed E-state index contributed by atoms with van der Waals surface area (Å²) in [5.74, 6) is 0.517. The number of hydrogen-bond donors (Lipinski definition) is 1. The van der Waals surface area contributed by atoms with E-state index >= 15 is 0 Å². The minimum absolute atomic E-state index is 0.119. The molecule has 3 aromatic rings. The van der Waals surface area contributed by atoms with E-state index in [1.165, 1.54) is 0 Å². The van der Waals surface area contributed by atoms with Crippen LogP contribution in [0.5, 0.6) is 0 Å². The monoisotopic (exact) mass is 481 g/mol. The Labute approximate surface area is 191 Å². The number of ether oxygens (including phenoxy) is 1. The number of halogens is 2. The first-order valence-corrected chi connectivity index (χ1v) is 11.8. The van der Waals surface area contributed by atoms with Gasteiger partial charge in [0.1, 0.15) is 17.6 Å². The van der Waals surface area contributed by atoms with Gasteiger partial charge in [0.2, 0.25) is 0 Å². The van der Waals surface area contributed by atoms with Crippen molar-refractivity contribution in [2.24, 2.45) is 0 Å². The summed E-state index contributed by atoms with van der Waals surface area (Å²) in [4.78, 5) is 17.0. The number of aromatic nitrogens is 3. The van der Waals surface area contributed by atoms with Gasteiger partial charge in [-0.2, -0.15) is 15.4 Å². The lowest BCUT2D eigenvalue weighted by molar-refractivity contribution is 0.0730.